The molecule has 1 heterocycles. The molecule has 2 rings (SSSR count). The van der Waals surface area contributed by atoms with Crippen LogP contribution in [0.25, 0.3) is 0 Å². The molecule has 1 saturated heterocycles. The van der Waals surface area contributed by atoms with Crippen LogP contribution in [0.4, 0.5) is 10.5 Å². The van der Waals surface area contributed by atoms with Crippen LogP contribution in [0.5, 0.6) is 5.75 Å². The Labute approximate surface area is 129 Å². The van der Waals surface area contributed by atoms with Gasteiger partial charge in [0.1, 0.15) is 5.60 Å². The molecule has 22 heavy (non-hydrogen) atoms. The third kappa shape index (κ3) is 3.47. The van der Waals surface area contributed by atoms with Crippen LogP contribution in [0.3, 0.4) is 0 Å². The number of nitrogens with zero attached hydrogens (tertiary/aromatic N) is 2. The number of ether oxygens (including phenoxy) is 2. The Morgan fingerprint density at radius 1 is 1.36 bits per heavy atom. The van der Waals surface area contributed by atoms with E-state index in [0.717, 1.165) is 5.56 Å². The predicted molar refractivity (Wildman–Crippen MR) is 80.2 cm³/mol. The molecule has 0 spiro atoms. The van der Waals surface area contributed by atoms with Crippen molar-refractivity contribution in [3.8, 4) is 5.75 Å². The number of amides is 1. The van der Waals surface area contributed by atoms with E-state index in [1.54, 1.807) is 17.0 Å². The summed E-state index contributed by atoms with van der Waals surface area (Å²) < 4.78 is 10.4. The van der Waals surface area contributed by atoms with E-state index in [9.17, 15) is 14.9 Å². The van der Waals surface area contributed by atoms with Gasteiger partial charge in [0, 0.05) is 25.1 Å². The average molecular weight is 308 g/mol. The van der Waals surface area contributed by atoms with Crippen molar-refractivity contribution in [2.45, 2.75) is 32.3 Å². The Kier molecular flexibility index (Phi) is 4.25. The lowest BCUT2D eigenvalue weighted by Crippen LogP contribution is -2.50. The van der Waals surface area contributed by atoms with Gasteiger partial charge in [-0.2, -0.15) is 0 Å². The second-order valence-electron chi connectivity index (χ2n) is 6.27. The predicted octanol–water partition coefficient (Wildman–Crippen LogP) is 2.94. The molecule has 7 nitrogen and oxygen atoms in total. The Hall–Kier alpha value is -2.31. The number of carbonyl (C=O) groups excluding carboxylic acids is 1. The van der Waals surface area contributed by atoms with Gasteiger partial charge in [0.05, 0.1) is 12.0 Å². The van der Waals surface area contributed by atoms with E-state index in [1.807, 2.05) is 20.8 Å². The van der Waals surface area contributed by atoms with Crippen molar-refractivity contribution in [2.75, 3.05) is 20.2 Å². The second kappa shape index (κ2) is 5.82. The van der Waals surface area contributed by atoms with E-state index in [2.05, 4.69) is 0 Å². The number of benzene rings is 1. The van der Waals surface area contributed by atoms with Gasteiger partial charge in [-0.1, -0.05) is 6.07 Å². The van der Waals surface area contributed by atoms with Crippen molar-refractivity contribution in [3.05, 3.63) is 33.9 Å². The molecule has 1 aliphatic rings. The molecule has 0 unspecified atom stereocenters. The minimum Gasteiger partial charge on any atom is -0.490 e. The Morgan fingerprint density at radius 3 is 2.50 bits per heavy atom. The summed E-state index contributed by atoms with van der Waals surface area (Å²) in [5, 5.41) is 10.9. The normalized spacial score (nSPS) is 15.2. The van der Waals surface area contributed by atoms with Crippen LogP contribution in [-0.4, -0.2) is 41.7 Å². The highest BCUT2D eigenvalue weighted by molar-refractivity contribution is 5.69. The van der Waals surface area contributed by atoms with Crippen molar-refractivity contribution in [1.29, 1.82) is 0 Å². The number of hydrogen-bond donors (Lipinski definition) is 0. The van der Waals surface area contributed by atoms with Crippen LogP contribution in [0, 0.1) is 10.1 Å². The first-order valence-electron chi connectivity index (χ1n) is 7.01. The summed E-state index contributed by atoms with van der Waals surface area (Å²) >= 11 is 0. The van der Waals surface area contributed by atoms with Crippen molar-refractivity contribution in [1.82, 2.24) is 4.90 Å². The van der Waals surface area contributed by atoms with Crippen LogP contribution in [0.1, 0.15) is 32.3 Å². The summed E-state index contributed by atoms with van der Waals surface area (Å²) in [5.41, 5.74) is 0.343. The van der Waals surface area contributed by atoms with Crippen LogP contribution >= 0.6 is 0 Å². The molecule has 0 saturated carbocycles. The van der Waals surface area contributed by atoms with Crippen molar-refractivity contribution in [3.63, 3.8) is 0 Å². The zero-order valence-electron chi connectivity index (χ0n) is 13.2. The van der Waals surface area contributed by atoms with Gasteiger partial charge in [-0.25, -0.2) is 4.79 Å². The summed E-state index contributed by atoms with van der Waals surface area (Å²) in [4.78, 5) is 23.9. The lowest BCUT2D eigenvalue weighted by molar-refractivity contribution is -0.385. The summed E-state index contributed by atoms with van der Waals surface area (Å²) in [6.07, 6.45) is -0.336. The number of hydrogen-bond acceptors (Lipinski definition) is 5. The maximum absolute atomic E-state index is 11.9. The molecule has 0 radical (unpaired) electrons. The van der Waals surface area contributed by atoms with E-state index in [-0.39, 0.29) is 23.4 Å². The summed E-state index contributed by atoms with van der Waals surface area (Å²) in [7, 11) is 1.40. The molecule has 0 bridgehead atoms. The van der Waals surface area contributed by atoms with Crippen LogP contribution in [0.2, 0.25) is 0 Å². The summed E-state index contributed by atoms with van der Waals surface area (Å²) in [6.45, 7) is 6.54. The van der Waals surface area contributed by atoms with Crippen LogP contribution in [-0.2, 0) is 4.74 Å². The quantitative estimate of drug-likeness (QED) is 0.633. The Morgan fingerprint density at radius 2 is 2.00 bits per heavy atom. The van der Waals surface area contributed by atoms with E-state index >= 15 is 0 Å². The standard InChI is InChI=1S/C15H20N2O5/c1-15(2,3)22-14(18)16-8-11(9-16)10-5-6-12(17(19)20)13(7-10)21-4/h5-7,11H,8-9H2,1-4H3. The maximum atomic E-state index is 11.9. The third-order valence-corrected chi connectivity index (χ3v) is 3.41. The molecule has 1 aromatic carbocycles. The van der Waals surface area contributed by atoms with Gasteiger partial charge >= 0.3 is 11.8 Å². The minimum absolute atomic E-state index is 0.0606. The first kappa shape index (κ1) is 16.1. The fourth-order valence-corrected chi connectivity index (χ4v) is 2.26. The maximum Gasteiger partial charge on any atom is 0.410 e. The average Bonchev–Trinajstić information content (AvgIpc) is 2.34. The lowest BCUT2D eigenvalue weighted by atomic mass is 9.91. The molecular formula is C15H20N2O5. The van der Waals surface area contributed by atoms with Crippen molar-refractivity contribution >= 4 is 11.8 Å². The SMILES string of the molecule is COc1cc(C2CN(C(=O)OC(C)(C)C)C2)ccc1[N+](=O)[O-]. The Bertz CT molecular complexity index is 588. The van der Waals surface area contributed by atoms with Gasteiger partial charge in [-0.05, 0) is 32.4 Å². The van der Waals surface area contributed by atoms with E-state index in [1.165, 1.54) is 13.2 Å². The molecule has 1 amide bonds. The van der Waals surface area contributed by atoms with Crippen molar-refractivity contribution < 1.29 is 19.2 Å². The van der Waals surface area contributed by atoms with Gasteiger partial charge in [-0.15, -0.1) is 0 Å². The zero-order valence-corrected chi connectivity index (χ0v) is 13.2. The molecule has 1 aromatic rings. The number of nitro benzene ring substituents is 1. The Balaban J connectivity index is 2.02. The molecule has 1 fully saturated rings. The highest BCUT2D eigenvalue weighted by Crippen LogP contribution is 2.34. The molecule has 7 heteroatoms. The van der Waals surface area contributed by atoms with E-state index < -0.39 is 10.5 Å². The smallest absolute Gasteiger partial charge is 0.410 e. The first-order chi connectivity index (χ1) is 10.2. The molecule has 1 aliphatic heterocycles. The summed E-state index contributed by atoms with van der Waals surface area (Å²) in [6, 6.07) is 4.80. The lowest BCUT2D eigenvalue weighted by Gasteiger charge is -2.40. The van der Waals surface area contributed by atoms with Crippen LogP contribution in [0.15, 0.2) is 18.2 Å². The molecule has 0 atom stereocenters. The third-order valence-electron chi connectivity index (χ3n) is 3.41. The molecular weight excluding hydrogens is 288 g/mol. The van der Waals surface area contributed by atoms with E-state index in [4.69, 9.17) is 9.47 Å². The number of carbonyl (C=O) groups is 1. The van der Waals surface area contributed by atoms with Gasteiger partial charge in [0.2, 0.25) is 0 Å². The highest BCUT2D eigenvalue weighted by atomic mass is 16.6. The number of nitro groups is 1. The molecule has 0 aliphatic carbocycles. The minimum atomic E-state index is -0.515. The van der Waals surface area contributed by atoms with Crippen LogP contribution < -0.4 is 4.74 Å². The fraction of sp³-hybridized carbons (Fsp3) is 0.533. The van der Waals surface area contributed by atoms with Gasteiger partial charge in [0.15, 0.2) is 5.75 Å². The van der Waals surface area contributed by atoms with Gasteiger partial charge in [-0.3, -0.25) is 10.1 Å². The monoisotopic (exact) mass is 308 g/mol. The topological polar surface area (TPSA) is 81.9 Å². The largest absolute Gasteiger partial charge is 0.490 e. The fourth-order valence-electron chi connectivity index (χ4n) is 2.26. The molecule has 0 N–H and O–H groups in total. The van der Waals surface area contributed by atoms with E-state index in [0.29, 0.717) is 13.1 Å². The molecule has 0 aromatic heterocycles. The zero-order chi connectivity index (χ0) is 16.5. The van der Waals surface area contributed by atoms with Gasteiger partial charge < -0.3 is 14.4 Å². The first-order valence-corrected chi connectivity index (χ1v) is 7.01. The number of likely N-dealkylation sites (tertiary alicyclic amines) is 1. The van der Waals surface area contributed by atoms with Gasteiger partial charge in [0.25, 0.3) is 0 Å². The number of rotatable bonds is 3. The molecule has 120 valence electrons. The van der Waals surface area contributed by atoms with Crippen molar-refractivity contribution in [2.24, 2.45) is 0 Å². The highest BCUT2D eigenvalue weighted by Gasteiger charge is 2.35. The number of methoxy groups -OCH3 is 1. The second-order valence-corrected chi connectivity index (χ2v) is 6.27. The summed E-state index contributed by atoms with van der Waals surface area (Å²) in [5.74, 6) is 0.375.